The number of nitrogens with one attached hydrogen (secondary N) is 2. The third-order valence-corrected chi connectivity index (χ3v) is 3.00. The molecule has 0 saturated carbocycles. The summed E-state index contributed by atoms with van der Waals surface area (Å²) in [5.74, 6) is 0.0475. The SMILES string of the molecule is CNS(=O)(=O)c1nc(N)c2[nH]cnc2n1. The predicted molar refractivity (Wildman–Crippen MR) is 52.3 cm³/mol. The van der Waals surface area contributed by atoms with Crippen molar-refractivity contribution in [1.82, 2.24) is 24.7 Å². The van der Waals surface area contributed by atoms with Gasteiger partial charge in [0.15, 0.2) is 11.5 Å². The number of H-pyrrole nitrogens is 1. The van der Waals surface area contributed by atoms with Crippen LogP contribution in [-0.4, -0.2) is 35.4 Å². The van der Waals surface area contributed by atoms with E-state index in [4.69, 9.17) is 5.73 Å². The van der Waals surface area contributed by atoms with E-state index in [0.29, 0.717) is 5.52 Å². The minimum atomic E-state index is -3.70. The molecule has 0 fully saturated rings. The van der Waals surface area contributed by atoms with Crippen LogP contribution in [0, 0.1) is 0 Å². The first kappa shape index (κ1) is 9.80. The molecule has 15 heavy (non-hydrogen) atoms. The summed E-state index contributed by atoms with van der Waals surface area (Å²) in [6.45, 7) is 0. The summed E-state index contributed by atoms with van der Waals surface area (Å²) in [5, 5.41) is -0.387. The van der Waals surface area contributed by atoms with Gasteiger partial charge < -0.3 is 10.7 Å². The number of hydrogen-bond donors (Lipinski definition) is 3. The highest BCUT2D eigenvalue weighted by atomic mass is 32.2. The van der Waals surface area contributed by atoms with Gasteiger partial charge in [-0.15, -0.1) is 0 Å². The van der Waals surface area contributed by atoms with Crippen molar-refractivity contribution in [3.05, 3.63) is 6.33 Å². The lowest BCUT2D eigenvalue weighted by atomic mass is 10.5. The van der Waals surface area contributed by atoms with Gasteiger partial charge in [-0.3, -0.25) is 0 Å². The summed E-state index contributed by atoms with van der Waals surface area (Å²) in [5.41, 5.74) is 6.18. The third kappa shape index (κ3) is 1.51. The second kappa shape index (κ2) is 3.14. The number of nitrogens with two attached hydrogens (primary N) is 1. The molecule has 0 radical (unpaired) electrons. The number of sulfonamides is 1. The van der Waals surface area contributed by atoms with E-state index in [-0.39, 0.29) is 16.6 Å². The Morgan fingerprint density at radius 1 is 1.47 bits per heavy atom. The van der Waals surface area contributed by atoms with E-state index < -0.39 is 10.0 Å². The largest absolute Gasteiger partial charge is 0.382 e. The summed E-state index contributed by atoms with van der Waals surface area (Å²) >= 11 is 0. The van der Waals surface area contributed by atoms with E-state index in [1.807, 2.05) is 0 Å². The van der Waals surface area contributed by atoms with Gasteiger partial charge in [-0.2, -0.15) is 9.97 Å². The average Bonchev–Trinajstić information content (AvgIpc) is 2.66. The molecule has 2 heterocycles. The fraction of sp³-hybridized carbons (Fsp3) is 0.167. The molecule has 0 atom stereocenters. The van der Waals surface area contributed by atoms with Crippen molar-refractivity contribution in [2.45, 2.75) is 5.16 Å². The number of aromatic amines is 1. The highest BCUT2D eigenvalue weighted by Gasteiger charge is 2.18. The highest BCUT2D eigenvalue weighted by molar-refractivity contribution is 7.89. The molecule has 0 aromatic carbocycles. The lowest BCUT2D eigenvalue weighted by Crippen LogP contribution is -2.21. The summed E-state index contributed by atoms with van der Waals surface area (Å²) in [6.07, 6.45) is 1.37. The van der Waals surface area contributed by atoms with Gasteiger partial charge in [-0.05, 0) is 7.05 Å². The Bertz CT molecular complexity index is 603. The number of imidazole rings is 1. The molecule has 0 saturated heterocycles. The Hall–Kier alpha value is -1.74. The van der Waals surface area contributed by atoms with E-state index in [1.54, 1.807) is 0 Å². The van der Waals surface area contributed by atoms with E-state index in [2.05, 4.69) is 24.7 Å². The number of hydrogen-bond acceptors (Lipinski definition) is 6. The molecule has 2 aromatic rings. The van der Waals surface area contributed by atoms with Crippen molar-refractivity contribution >= 4 is 27.0 Å². The summed E-state index contributed by atoms with van der Waals surface area (Å²) < 4.78 is 24.9. The molecule has 8 nitrogen and oxygen atoms in total. The van der Waals surface area contributed by atoms with Gasteiger partial charge in [0.1, 0.15) is 5.52 Å². The first-order valence-electron chi connectivity index (χ1n) is 3.95. The fourth-order valence-electron chi connectivity index (χ4n) is 1.05. The average molecular weight is 228 g/mol. The minimum Gasteiger partial charge on any atom is -0.382 e. The summed E-state index contributed by atoms with van der Waals surface area (Å²) in [7, 11) is -2.43. The van der Waals surface area contributed by atoms with Gasteiger partial charge in [-0.1, -0.05) is 0 Å². The van der Waals surface area contributed by atoms with Gasteiger partial charge in [0.2, 0.25) is 0 Å². The zero-order valence-corrected chi connectivity index (χ0v) is 8.54. The van der Waals surface area contributed by atoms with Crippen molar-refractivity contribution in [2.75, 3.05) is 12.8 Å². The van der Waals surface area contributed by atoms with Crippen LogP contribution in [0.2, 0.25) is 0 Å². The van der Waals surface area contributed by atoms with Crippen molar-refractivity contribution in [1.29, 1.82) is 0 Å². The topological polar surface area (TPSA) is 127 Å². The highest BCUT2D eigenvalue weighted by Crippen LogP contribution is 2.14. The van der Waals surface area contributed by atoms with Crippen LogP contribution in [0.5, 0.6) is 0 Å². The quantitative estimate of drug-likeness (QED) is 0.556. The van der Waals surface area contributed by atoms with E-state index in [0.717, 1.165) is 0 Å². The molecule has 80 valence electrons. The Labute approximate surface area is 85.0 Å². The number of fused-ring (bicyclic) bond motifs is 1. The first-order valence-corrected chi connectivity index (χ1v) is 5.43. The zero-order valence-electron chi connectivity index (χ0n) is 7.72. The van der Waals surface area contributed by atoms with E-state index in [1.165, 1.54) is 13.4 Å². The van der Waals surface area contributed by atoms with Crippen LogP contribution < -0.4 is 10.5 Å². The molecule has 4 N–H and O–H groups in total. The van der Waals surface area contributed by atoms with Crippen LogP contribution in [0.1, 0.15) is 0 Å². The third-order valence-electron chi connectivity index (χ3n) is 1.80. The van der Waals surface area contributed by atoms with Gasteiger partial charge in [-0.25, -0.2) is 18.1 Å². The van der Waals surface area contributed by atoms with Crippen LogP contribution in [0.25, 0.3) is 11.2 Å². The first-order chi connectivity index (χ1) is 7.04. The second-order valence-corrected chi connectivity index (χ2v) is 4.48. The fourth-order valence-corrected chi connectivity index (χ4v) is 1.65. The number of aromatic nitrogens is 4. The molecule has 0 aliphatic rings. The number of nitrogens with zero attached hydrogens (tertiary/aromatic N) is 3. The van der Waals surface area contributed by atoms with E-state index >= 15 is 0 Å². The van der Waals surface area contributed by atoms with Crippen LogP contribution in [-0.2, 0) is 10.0 Å². The molecule has 2 rings (SSSR count). The molecule has 0 aliphatic carbocycles. The van der Waals surface area contributed by atoms with Gasteiger partial charge >= 0.3 is 0 Å². The van der Waals surface area contributed by atoms with Crippen LogP contribution >= 0.6 is 0 Å². The van der Waals surface area contributed by atoms with Crippen molar-refractivity contribution in [3.8, 4) is 0 Å². The molecule has 0 spiro atoms. The zero-order chi connectivity index (χ0) is 11.1. The molecule has 2 aromatic heterocycles. The Morgan fingerprint density at radius 3 is 2.87 bits per heavy atom. The van der Waals surface area contributed by atoms with Crippen LogP contribution in [0.15, 0.2) is 11.5 Å². The Kier molecular flexibility index (Phi) is 2.05. The molecule has 9 heteroatoms. The van der Waals surface area contributed by atoms with E-state index in [9.17, 15) is 8.42 Å². The maximum Gasteiger partial charge on any atom is 0.276 e. The lowest BCUT2D eigenvalue weighted by molar-refractivity contribution is 0.579. The number of anilines is 1. The Balaban J connectivity index is 2.75. The maximum atomic E-state index is 11.4. The summed E-state index contributed by atoms with van der Waals surface area (Å²) in [4.78, 5) is 13.9. The molecular weight excluding hydrogens is 220 g/mol. The van der Waals surface area contributed by atoms with Gasteiger partial charge in [0.05, 0.1) is 6.33 Å². The van der Waals surface area contributed by atoms with Gasteiger partial charge in [0, 0.05) is 0 Å². The smallest absolute Gasteiger partial charge is 0.276 e. The molecule has 0 amide bonds. The molecule has 0 bridgehead atoms. The molecular formula is C6H8N6O2S. The molecule has 0 aliphatic heterocycles. The van der Waals surface area contributed by atoms with Crippen LogP contribution in [0.3, 0.4) is 0 Å². The number of nitrogen functional groups attached to an aromatic ring is 1. The van der Waals surface area contributed by atoms with Gasteiger partial charge in [0.25, 0.3) is 15.2 Å². The van der Waals surface area contributed by atoms with Crippen LogP contribution in [0.4, 0.5) is 5.82 Å². The maximum absolute atomic E-state index is 11.4. The van der Waals surface area contributed by atoms with Crippen molar-refractivity contribution in [3.63, 3.8) is 0 Å². The molecule has 0 unspecified atom stereocenters. The lowest BCUT2D eigenvalue weighted by Gasteiger charge is -2.01. The number of rotatable bonds is 2. The normalized spacial score (nSPS) is 12.1. The van der Waals surface area contributed by atoms with Crippen molar-refractivity contribution in [2.24, 2.45) is 0 Å². The summed E-state index contributed by atoms with van der Waals surface area (Å²) in [6, 6.07) is 0. The predicted octanol–water partition coefficient (Wildman–Crippen LogP) is -1.16. The second-order valence-electron chi connectivity index (χ2n) is 2.70. The Morgan fingerprint density at radius 2 is 2.20 bits per heavy atom. The minimum absolute atomic E-state index is 0.0475. The monoisotopic (exact) mass is 228 g/mol. The standard InChI is InChI=1S/C6H8N6O2S/c1-8-15(13,14)6-11-4(7)3-5(12-6)10-2-9-3/h2,8H,1H3,(H3,7,9,10,11,12). The van der Waals surface area contributed by atoms with Crippen molar-refractivity contribution < 1.29 is 8.42 Å².